The predicted molar refractivity (Wildman–Crippen MR) is 123 cm³/mol. The maximum Gasteiger partial charge on any atom is 0.330 e. The lowest BCUT2D eigenvalue weighted by Gasteiger charge is -2.25. The Balaban J connectivity index is 3.20. The first-order valence-electron chi connectivity index (χ1n) is 9.65. The van der Waals surface area contributed by atoms with Gasteiger partial charge in [-0.1, -0.05) is 37.3 Å². The highest BCUT2D eigenvalue weighted by Gasteiger charge is 2.24. The molecule has 0 aromatic carbocycles. The van der Waals surface area contributed by atoms with E-state index in [0.717, 1.165) is 25.9 Å². The van der Waals surface area contributed by atoms with Gasteiger partial charge in [-0.05, 0) is 20.3 Å². The Morgan fingerprint density at radius 3 is 2.48 bits per heavy atom. The summed E-state index contributed by atoms with van der Waals surface area (Å²) in [5.74, 6) is -0.307. The third kappa shape index (κ3) is 6.86. The van der Waals surface area contributed by atoms with Gasteiger partial charge in [0.25, 0.3) is 5.56 Å². The second kappa shape index (κ2) is 12.7. The number of hydrogen-bond donors (Lipinski definition) is 2. The maximum absolute atomic E-state index is 12.9. The van der Waals surface area contributed by atoms with Gasteiger partial charge in [-0.25, -0.2) is 4.79 Å². The van der Waals surface area contributed by atoms with Crippen LogP contribution in [0.1, 0.15) is 33.6 Å². The highest BCUT2D eigenvalue weighted by Crippen LogP contribution is 2.19. The molecule has 0 saturated carbocycles. The molecule has 0 bridgehead atoms. The molecular weight excluding hydrogens is 414 g/mol. The summed E-state index contributed by atoms with van der Waals surface area (Å²) >= 11 is 6.61. The first kappa shape index (κ1) is 25.2. The van der Waals surface area contributed by atoms with E-state index in [1.165, 1.54) is 28.3 Å². The Labute approximate surface area is 180 Å². The topological polar surface area (TPSA) is 114 Å². The summed E-state index contributed by atoms with van der Waals surface area (Å²) < 4.78 is 6.99. The SMILES string of the molecule is CCCCn1c(N)c(N(CCOC)C(=O)CSC(=S)N(CC)CC)c(=O)[nH]c1=O. The van der Waals surface area contributed by atoms with Crippen LogP contribution in [0.4, 0.5) is 11.5 Å². The largest absolute Gasteiger partial charge is 0.383 e. The minimum atomic E-state index is -0.693. The molecule has 0 aliphatic carbocycles. The zero-order valence-electron chi connectivity index (χ0n) is 17.5. The van der Waals surface area contributed by atoms with Crippen LogP contribution in [0.15, 0.2) is 9.59 Å². The van der Waals surface area contributed by atoms with Crippen LogP contribution in [0, 0.1) is 0 Å². The average molecular weight is 446 g/mol. The van der Waals surface area contributed by atoms with Crippen LogP contribution in [-0.2, 0) is 16.1 Å². The van der Waals surface area contributed by atoms with Gasteiger partial charge in [0, 0.05) is 33.3 Å². The van der Waals surface area contributed by atoms with Gasteiger partial charge in [0.05, 0.1) is 12.4 Å². The lowest BCUT2D eigenvalue weighted by atomic mass is 10.3. The number of nitrogens with two attached hydrogens (primary N) is 1. The molecule has 1 rings (SSSR count). The molecule has 1 heterocycles. The summed E-state index contributed by atoms with van der Waals surface area (Å²) in [4.78, 5) is 43.1. The molecule has 0 aliphatic rings. The second-order valence-corrected chi connectivity index (χ2v) is 7.87. The molecule has 0 spiro atoms. The van der Waals surface area contributed by atoms with Crippen molar-refractivity contribution in [3.63, 3.8) is 0 Å². The summed E-state index contributed by atoms with van der Waals surface area (Å²) in [6, 6.07) is 0. The zero-order valence-corrected chi connectivity index (χ0v) is 19.2. The number of H-pyrrole nitrogens is 1. The first-order chi connectivity index (χ1) is 13.8. The molecular formula is C18H31N5O4S2. The number of amides is 1. The summed E-state index contributed by atoms with van der Waals surface area (Å²) in [7, 11) is 1.50. The van der Waals surface area contributed by atoms with E-state index in [4.69, 9.17) is 22.7 Å². The van der Waals surface area contributed by atoms with E-state index in [0.29, 0.717) is 10.9 Å². The minimum Gasteiger partial charge on any atom is -0.383 e. The molecule has 1 amide bonds. The van der Waals surface area contributed by atoms with Crippen LogP contribution in [0.5, 0.6) is 0 Å². The van der Waals surface area contributed by atoms with Crippen LogP contribution in [-0.4, -0.2) is 63.8 Å². The van der Waals surface area contributed by atoms with Gasteiger partial charge in [0.1, 0.15) is 10.1 Å². The van der Waals surface area contributed by atoms with Gasteiger partial charge in [-0.3, -0.25) is 19.1 Å². The smallest absolute Gasteiger partial charge is 0.330 e. The Hall–Kier alpha value is -1.85. The molecule has 0 saturated heterocycles. The summed E-state index contributed by atoms with van der Waals surface area (Å²) in [5.41, 5.74) is 4.84. The second-order valence-electron chi connectivity index (χ2n) is 6.26. The Bertz CT molecular complexity index is 804. The molecule has 1 aromatic heterocycles. The molecule has 0 fully saturated rings. The number of unbranched alkanes of at least 4 members (excludes halogenated alkanes) is 1. The number of nitrogen functional groups attached to an aromatic ring is 1. The van der Waals surface area contributed by atoms with Crippen molar-refractivity contribution >= 4 is 45.7 Å². The van der Waals surface area contributed by atoms with E-state index >= 15 is 0 Å². The van der Waals surface area contributed by atoms with Gasteiger partial charge in [0.2, 0.25) is 5.91 Å². The maximum atomic E-state index is 12.9. The predicted octanol–water partition coefficient (Wildman–Crippen LogP) is 1.26. The highest BCUT2D eigenvalue weighted by atomic mass is 32.2. The van der Waals surface area contributed by atoms with E-state index in [1.807, 2.05) is 25.7 Å². The number of rotatable bonds is 11. The molecule has 0 radical (unpaired) electrons. The van der Waals surface area contributed by atoms with Crippen molar-refractivity contribution in [3.8, 4) is 0 Å². The van der Waals surface area contributed by atoms with E-state index in [1.54, 1.807) is 0 Å². The number of thioether (sulfide) groups is 1. The number of nitrogens with zero attached hydrogens (tertiary/aromatic N) is 3. The Morgan fingerprint density at radius 2 is 1.93 bits per heavy atom. The molecule has 1 aromatic rings. The Morgan fingerprint density at radius 1 is 1.28 bits per heavy atom. The number of aromatic nitrogens is 2. The van der Waals surface area contributed by atoms with E-state index in [9.17, 15) is 14.4 Å². The quantitative estimate of drug-likeness (QED) is 0.490. The highest BCUT2D eigenvalue weighted by molar-refractivity contribution is 8.23. The van der Waals surface area contributed by atoms with Crippen molar-refractivity contribution in [2.45, 2.75) is 40.2 Å². The lowest BCUT2D eigenvalue weighted by Crippen LogP contribution is -2.43. The number of anilines is 2. The normalized spacial score (nSPS) is 10.8. The van der Waals surface area contributed by atoms with E-state index in [2.05, 4.69) is 4.98 Å². The summed E-state index contributed by atoms with van der Waals surface area (Å²) in [6.07, 6.45) is 1.57. The van der Waals surface area contributed by atoms with Gasteiger partial charge in [0.15, 0.2) is 5.69 Å². The van der Waals surface area contributed by atoms with Gasteiger partial charge in [-0.15, -0.1) is 0 Å². The Kier molecular flexibility index (Phi) is 11.0. The van der Waals surface area contributed by atoms with E-state index in [-0.39, 0.29) is 36.3 Å². The minimum absolute atomic E-state index is 0.0204. The number of carbonyl (C=O) groups excluding carboxylic acids is 1. The third-order valence-electron chi connectivity index (χ3n) is 4.38. The van der Waals surface area contributed by atoms with Gasteiger partial charge >= 0.3 is 5.69 Å². The molecule has 0 aliphatic heterocycles. The number of carbonyl (C=O) groups is 1. The number of ether oxygens (including phenoxy) is 1. The van der Waals surface area contributed by atoms with Crippen molar-refractivity contribution in [1.29, 1.82) is 0 Å². The average Bonchev–Trinajstić information content (AvgIpc) is 2.69. The molecule has 0 atom stereocenters. The molecule has 9 nitrogen and oxygen atoms in total. The number of thiocarbonyl (C=S) groups is 1. The molecule has 3 N–H and O–H groups in total. The van der Waals surface area contributed by atoms with Crippen LogP contribution >= 0.6 is 24.0 Å². The number of methoxy groups -OCH3 is 1. The van der Waals surface area contributed by atoms with Crippen molar-refractivity contribution < 1.29 is 9.53 Å². The van der Waals surface area contributed by atoms with Crippen LogP contribution < -0.4 is 21.9 Å². The number of aromatic amines is 1. The molecule has 29 heavy (non-hydrogen) atoms. The number of hydrogen-bond acceptors (Lipinski definition) is 7. The standard InChI is InChI=1S/C18H31N5O4S2/c1-5-8-9-23-15(19)14(16(25)20-17(23)26)22(10-11-27-4)13(24)12-29-18(28)21(6-2)7-3/h5-12,19H2,1-4H3,(H,20,25,26). The number of nitrogens with one attached hydrogen (secondary N) is 1. The van der Waals surface area contributed by atoms with Crippen molar-refractivity contribution in [2.75, 3.05) is 49.7 Å². The zero-order chi connectivity index (χ0) is 22.0. The summed E-state index contributed by atoms with van der Waals surface area (Å²) in [5, 5.41) is 0. The fourth-order valence-corrected chi connectivity index (χ4v) is 3.97. The van der Waals surface area contributed by atoms with Gasteiger partial charge < -0.3 is 20.3 Å². The van der Waals surface area contributed by atoms with Crippen LogP contribution in [0.3, 0.4) is 0 Å². The molecule has 164 valence electrons. The molecule has 11 heteroatoms. The fraction of sp³-hybridized carbons (Fsp3) is 0.667. The molecule has 0 unspecified atom stereocenters. The first-order valence-corrected chi connectivity index (χ1v) is 11.0. The fourth-order valence-electron chi connectivity index (χ4n) is 2.69. The van der Waals surface area contributed by atoms with Crippen molar-refractivity contribution in [2.24, 2.45) is 0 Å². The van der Waals surface area contributed by atoms with Crippen LogP contribution in [0.25, 0.3) is 0 Å². The van der Waals surface area contributed by atoms with Crippen molar-refractivity contribution in [3.05, 3.63) is 20.8 Å². The van der Waals surface area contributed by atoms with Crippen molar-refractivity contribution in [1.82, 2.24) is 14.5 Å². The monoisotopic (exact) mass is 445 g/mol. The summed E-state index contributed by atoms with van der Waals surface area (Å²) in [6.45, 7) is 8.16. The van der Waals surface area contributed by atoms with Crippen LogP contribution in [0.2, 0.25) is 0 Å². The lowest BCUT2D eigenvalue weighted by molar-refractivity contribution is -0.116. The van der Waals surface area contributed by atoms with Gasteiger partial charge in [-0.2, -0.15) is 0 Å². The van der Waals surface area contributed by atoms with E-state index < -0.39 is 11.2 Å². The third-order valence-corrected chi connectivity index (χ3v) is 5.89.